The van der Waals surface area contributed by atoms with Crippen LogP contribution in [0.5, 0.6) is 0 Å². The fourth-order valence-corrected chi connectivity index (χ4v) is 2.60. The van der Waals surface area contributed by atoms with E-state index in [1.807, 2.05) is 27.0 Å². The van der Waals surface area contributed by atoms with E-state index in [-0.39, 0.29) is 0 Å². The van der Waals surface area contributed by atoms with Gasteiger partial charge >= 0.3 is 0 Å². The summed E-state index contributed by atoms with van der Waals surface area (Å²) in [6, 6.07) is 0. The number of aromatic nitrogens is 4. The molecule has 0 unspecified atom stereocenters. The molecule has 6 nitrogen and oxygen atoms in total. The van der Waals surface area contributed by atoms with E-state index >= 15 is 0 Å². The van der Waals surface area contributed by atoms with Crippen molar-refractivity contribution in [2.45, 2.75) is 26.4 Å². The summed E-state index contributed by atoms with van der Waals surface area (Å²) in [5.74, 6) is 2.07. The van der Waals surface area contributed by atoms with Crippen LogP contribution >= 0.6 is 11.8 Å². The van der Waals surface area contributed by atoms with E-state index in [2.05, 4.69) is 20.4 Å². The Balaban J connectivity index is 2.29. The van der Waals surface area contributed by atoms with Gasteiger partial charge in [-0.15, -0.1) is 0 Å². The number of rotatable bonds is 5. The van der Waals surface area contributed by atoms with E-state index < -0.39 is 5.60 Å². The normalized spacial score (nSPS) is 14.6. The highest BCUT2D eigenvalue weighted by molar-refractivity contribution is 7.98. The van der Waals surface area contributed by atoms with E-state index in [1.165, 1.54) is 6.33 Å². The van der Waals surface area contributed by atoms with Crippen LogP contribution in [-0.4, -0.2) is 48.8 Å². The summed E-state index contributed by atoms with van der Waals surface area (Å²) in [5, 5.41) is 17.6. The van der Waals surface area contributed by atoms with Crippen LogP contribution in [0, 0.1) is 13.8 Å². The van der Waals surface area contributed by atoms with Gasteiger partial charge in [-0.3, -0.25) is 0 Å². The van der Waals surface area contributed by atoms with Crippen LogP contribution in [0.3, 0.4) is 0 Å². The molecule has 2 aromatic heterocycles. The number of thioether (sulfide) groups is 1. The molecule has 0 aliphatic carbocycles. The lowest BCUT2D eigenvalue weighted by molar-refractivity contribution is 0.0995. The Morgan fingerprint density at radius 1 is 1.47 bits per heavy atom. The number of aryl methyl sites for hydroxylation is 1. The maximum Gasteiger partial charge on any atom is 0.254 e. The topological polar surface area (TPSA) is 75.3 Å². The first-order valence-corrected chi connectivity index (χ1v) is 7.46. The van der Waals surface area contributed by atoms with Crippen molar-refractivity contribution in [1.29, 1.82) is 0 Å². The Morgan fingerprint density at radius 3 is 2.89 bits per heavy atom. The molecule has 104 valence electrons. The number of nitrogens with zero attached hydrogens (tertiary/aromatic N) is 4. The highest BCUT2D eigenvalue weighted by atomic mass is 32.2. The molecule has 0 saturated heterocycles. The van der Waals surface area contributed by atoms with Crippen molar-refractivity contribution < 1.29 is 5.11 Å². The molecule has 0 bridgehead atoms. The van der Waals surface area contributed by atoms with Crippen LogP contribution < -0.4 is 5.32 Å². The monoisotopic (exact) mass is 281 g/mol. The van der Waals surface area contributed by atoms with Crippen LogP contribution in [0.25, 0.3) is 5.78 Å². The molecule has 0 fully saturated rings. The van der Waals surface area contributed by atoms with Crippen LogP contribution in [-0.2, 0) is 0 Å². The summed E-state index contributed by atoms with van der Waals surface area (Å²) in [7, 11) is 0. The van der Waals surface area contributed by atoms with E-state index in [1.54, 1.807) is 16.3 Å². The van der Waals surface area contributed by atoms with Gasteiger partial charge in [0.15, 0.2) is 0 Å². The zero-order valence-electron chi connectivity index (χ0n) is 11.6. The largest absolute Gasteiger partial charge is 0.387 e. The van der Waals surface area contributed by atoms with Gasteiger partial charge in [-0.2, -0.15) is 26.4 Å². The molecule has 2 N–H and O–H groups in total. The van der Waals surface area contributed by atoms with Gasteiger partial charge in [0.2, 0.25) is 0 Å². The summed E-state index contributed by atoms with van der Waals surface area (Å²) in [5.41, 5.74) is 1.15. The molecular weight excluding hydrogens is 262 g/mol. The fourth-order valence-electron chi connectivity index (χ4n) is 1.88. The lowest BCUT2D eigenvalue weighted by Gasteiger charge is -2.24. The van der Waals surface area contributed by atoms with Crippen molar-refractivity contribution in [3.63, 3.8) is 0 Å². The molecule has 2 heterocycles. The number of hydrogen-bond donors (Lipinski definition) is 2. The van der Waals surface area contributed by atoms with Gasteiger partial charge in [0.1, 0.15) is 12.1 Å². The minimum Gasteiger partial charge on any atom is -0.387 e. The van der Waals surface area contributed by atoms with Crippen molar-refractivity contribution in [2.24, 2.45) is 0 Å². The standard InChI is InChI=1S/C12H19N5OS/c1-8-9(2)16-11-14-7-15-17(11)10(8)13-5-12(3,18)6-19-4/h7,13,18H,5-6H2,1-4H3/t12-/m1/s1. The number of aliphatic hydroxyl groups is 1. The zero-order valence-corrected chi connectivity index (χ0v) is 12.5. The molecule has 7 heteroatoms. The average molecular weight is 281 g/mol. The van der Waals surface area contributed by atoms with Gasteiger partial charge in [0.05, 0.1) is 5.60 Å². The van der Waals surface area contributed by atoms with Gasteiger partial charge in [-0.05, 0) is 27.0 Å². The third-order valence-corrected chi connectivity index (χ3v) is 3.91. The molecule has 0 radical (unpaired) electrons. The average Bonchev–Trinajstić information content (AvgIpc) is 2.77. The van der Waals surface area contributed by atoms with E-state index in [4.69, 9.17) is 0 Å². The first-order valence-electron chi connectivity index (χ1n) is 6.07. The summed E-state index contributed by atoms with van der Waals surface area (Å²) in [6.07, 6.45) is 3.46. The molecule has 0 aliphatic rings. The Hall–Kier alpha value is -1.34. The second-order valence-corrected chi connectivity index (χ2v) is 5.79. The molecule has 1 atom stereocenters. The van der Waals surface area contributed by atoms with Gasteiger partial charge in [-0.1, -0.05) is 0 Å². The number of hydrogen-bond acceptors (Lipinski definition) is 6. The molecule has 2 rings (SSSR count). The Labute approximate surface area is 116 Å². The van der Waals surface area contributed by atoms with Gasteiger partial charge < -0.3 is 10.4 Å². The minimum atomic E-state index is -0.768. The van der Waals surface area contributed by atoms with Gasteiger partial charge in [-0.25, -0.2) is 4.98 Å². The van der Waals surface area contributed by atoms with Crippen molar-refractivity contribution >= 4 is 23.4 Å². The summed E-state index contributed by atoms with van der Waals surface area (Å²) in [6.45, 7) is 6.19. The SMILES string of the molecule is CSC[C@](C)(O)CNc1c(C)c(C)nc2ncnn12. The Bertz CT molecular complexity index is 581. The first kappa shape index (κ1) is 14.1. The molecule has 0 aliphatic heterocycles. The number of nitrogens with one attached hydrogen (secondary N) is 1. The zero-order chi connectivity index (χ0) is 14.0. The third-order valence-electron chi connectivity index (χ3n) is 3.00. The van der Waals surface area contributed by atoms with Crippen molar-refractivity contribution in [3.8, 4) is 0 Å². The molecule has 0 saturated carbocycles. The molecule has 0 amide bonds. The van der Waals surface area contributed by atoms with Crippen LogP contribution in [0.1, 0.15) is 18.2 Å². The van der Waals surface area contributed by atoms with Crippen LogP contribution in [0.4, 0.5) is 5.82 Å². The summed E-state index contributed by atoms with van der Waals surface area (Å²) >= 11 is 1.62. The highest BCUT2D eigenvalue weighted by Gasteiger charge is 2.21. The minimum absolute atomic E-state index is 0.451. The predicted octanol–water partition coefficient (Wildman–Crippen LogP) is 1.27. The third kappa shape index (κ3) is 2.98. The van der Waals surface area contributed by atoms with Crippen LogP contribution in [0.15, 0.2) is 6.33 Å². The second-order valence-electron chi connectivity index (χ2n) is 4.93. The van der Waals surface area contributed by atoms with Crippen molar-refractivity contribution in [2.75, 3.05) is 23.9 Å². The van der Waals surface area contributed by atoms with Crippen molar-refractivity contribution in [1.82, 2.24) is 19.6 Å². The second kappa shape index (κ2) is 5.34. The van der Waals surface area contributed by atoms with E-state index in [0.29, 0.717) is 18.1 Å². The molecule has 19 heavy (non-hydrogen) atoms. The molecular formula is C12H19N5OS. The fraction of sp³-hybridized carbons (Fsp3) is 0.583. The molecule has 0 spiro atoms. The highest BCUT2D eigenvalue weighted by Crippen LogP contribution is 2.19. The number of fused-ring (bicyclic) bond motifs is 1. The summed E-state index contributed by atoms with van der Waals surface area (Å²) < 4.78 is 1.66. The smallest absolute Gasteiger partial charge is 0.254 e. The first-order chi connectivity index (χ1) is 8.94. The van der Waals surface area contributed by atoms with E-state index in [0.717, 1.165) is 17.1 Å². The number of anilines is 1. The quantitative estimate of drug-likeness (QED) is 0.859. The Kier molecular flexibility index (Phi) is 3.96. The Morgan fingerprint density at radius 2 is 2.21 bits per heavy atom. The maximum atomic E-state index is 10.2. The van der Waals surface area contributed by atoms with Gasteiger partial charge in [0, 0.05) is 23.6 Å². The van der Waals surface area contributed by atoms with Crippen LogP contribution in [0.2, 0.25) is 0 Å². The lowest BCUT2D eigenvalue weighted by atomic mass is 10.1. The maximum absolute atomic E-state index is 10.2. The summed E-state index contributed by atoms with van der Waals surface area (Å²) in [4.78, 5) is 8.46. The van der Waals surface area contributed by atoms with E-state index in [9.17, 15) is 5.11 Å². The predicted molar refractivity (Wildman–Crippen MR) is 77.8 cm³/mol. The lowest BCUT2D eigenvalue weighted by Crippen LogP contribution is -2.36. The molecule has 0 aromatic carbocycles. The van der Waals surface area contributed by atoms with Crippen molar-refractivity contribution in [3.05, 3.63) is 17.6 Å². The van der Waals surface area contributed by atoms with Gasteiger partial charge in [0.25, 0.3) is 5.78 Å². The molecule has 2 aromatic rings.